The van der Waals surface area contributed by atoms with Gasteiger partial charge < -0.3 is 5.32 Å². The number of halogens is 1. The van der Waals surface area contributed by atoms with E-state index in [0.717, 1.165) is 16.9 Å². The standard InChI is InChI=1S/C20H16ClN3O3S/c21-13-4-2-1-3-12(13)14-9-28-20(22-14)23-15(25)8-24-18(26)16-10-5-6-11(7-10)17(16)19(24)27/h1-6,9-11,16-17H,7-8H2,(H,22,23,25)/t10-,11+,16-,17+. The number of aromatic nitrogens is 1. The summed E-state index contributed by atoms with van der Waals surface area (Å²) < 4.78 is 0. The SMILES string of the molecule is O=C(CN1C(=O)[C@@H]2[C@H](C1=O)[C@@H]1C=C[C@H]2C1)Nc1nc(-c2ccccc2Cl)cs1. The summed E-state index contributed by atoms with van der Waals surface area (Å²) in [6.45, 7) is -0.273. The number of carbonyl (C=O) groups excluding carboxylic acids is 3. The van der Waals surface area contributed by atoms with Crippen molar-refractivity contribution in [3.05, 3.63) is 46.8 Å². The van der Waals surface area contributed by atoms with Gasteiger partial charge in [-0.05, 0) is 24.3 Å². The van der Waals surface area contributed by atoms with Crippen molar-refractivity contribution in [1.29, 1.82) is 0 Å². The third-order valence-electron chi connectivity index (χ3n) is 5.76. The Morgan fingerprint density at radius 3 is 2.54 bits per heavy atom. The van der Waals surface area contributed by atoms with Crippen LogP contribution in [-0.2, 0) is 14.4 Å². The predicted molar refractivity (Wildman–Crippen MR) is 106 cm³/mol. The van der Waals surface area contributed by atoms with E-state index >= 15 is 0 Å². The zero-order valence-electron chi connectivity index (χ0n) is 14.7. The first kappa shape index (κ1) is 17.6. The summed E-state index contributed by atoms with van der Waals surface area (Å²) in [5, 5.41) is 5.47. The van der Waals surface area contributed by atoms with Crippen LogP contribution in [0, 0.1) is 23.7 Å². The number of thiazole rings is 1. The summed E-state index contributed by atoms with van der Waals surface area (Å²) in [6, 6.07) is 7.33. The lowest BCUT2D eigenvalue weighted by Crippen LogP contribution is -2.39. The van der Waals surface area contributed by atoms with E-state index < -0.39 is 5.91 Å². The summed E-state index contributed by atoms with van der Waals surface area (Å²) in [4.78, 5) is 43.3. The molecule has 1 saturated heterocycles. The lowest BCUT2D eigenvalue weighted by atomic mass is 9.85. The van der Waals surface area contributed by atoms with Crippen molar-refractivity contribution in [2.45, 2.75) is 6.42 Å². The first-order chi connectivity index (χ1) is 13.5. The molecule has 0 spiro atoms. The second-order valence-corrected chi connectivity index (χ2v) is 8.59. The van der Waals surface area contributed by atoms with Crippen LogP contribution in [0.1, 0.15) is 6.42 Å². The molecule has 5 rings (SSSR count). The molecule has 3 aliphatic rings. The van der Waals surface area contributed by atoms with Crippen LogP contribution in [0.25, 0.3) is 11.3 Å². The summed E-state index contributed by atoms with van der Waals surface area (Å²) in [7, 11) is 0. The molecular formula is C20H16ClN3O3S. The Morgan fingerprint density at radius 2 is 1.86 bits per heavy atom. The zero-order chi connectivity index (χ0) is 19.4. The number of amides is 3. The predicted octanol–water partition coefficient (Wildman–Crippen LogP) is 3.21. The van der Waals surface area contributed by atoms with Gasteiger partial charge in [0.2, 0.25) is 17.7 Å². The normalized spacial score (nSPS) is 27.5. The number of hydrogen-bond acceptors (Lipinski definition) is 5. The first-order valence-corrected chi connectivity index (χ1v) is 10.3. The molecule has 2 bridgehead atoms. The quantitative estimate of drug-likeness (QED) is 0.616. The van der Waals surface area contributed by atoms with Gasteiger partial charge in [-0.25, -0.2) is 4.98 Å². The third-order valence-corrected chi connectivity index (χ3v) is 6.85. The number of benzene rings is 1. The second kappa shape index (κ2) is 6.53. The number of likely N-dealkylation sites (tertiary alicyclic amines) is 1. The average molecular weight is 414 g/mol. The maximum absolute atomic E-state index is 12.7. The Bertz CT molecular complexity index is 1000. The Labute approximate surface area is 170 Å². The van der Waals surface area contributed by atoms with E-state index in [1.54, 1.807) is 11.4 Å². The van der Waals surface area contributed by atoms with Crippen molar-refractivity contribution in [2.24, 2.45) is 23.7 Å². The lowest BCUT2D eigenvalue weighted by Gasteiger charge is -2.16. The Balaban J connectivity index is 1.27. The number of rotatable bonds is 4. The van der Waals surface area contributed by atoms with Gasteiger partial charge >= 0.3 is 0 Å². The fourth-order valence-corrected chi connectivity index (χ4v) is 5.51. The number of nitrogens with one attached hydrogen (secondary N) is 1. The summed E-state index contributed by atoms with van der Waals surface area (Å²) >= 11 is 7.45. The van der Waals surface area contributed by atoms with Crippen molar-refractivity contribution in [2.75, 3.05) is 11.9 Å². The minimum atomic E-state index is -0.429. The van der Waals surface area contributed by atoms with E-state index in [9.17, 15) is 14.4 Å². The van der Waals surface area contributed by atoms with Crippen LogP contribution in [0.15, 0.2) is 41.8 Å². The minimum absolute atomic E-state index is 0.136. The molecule has 1 N–H and O–H groups in total. The monoisotopic (exact) mass is 413 g/mol. The Hall–Kier alpha value is -2.51. The molecule has 28 heavy (non-hydrogen) atoms. The van der Waals surface area contributed by atoms with Gasteiger partial charge in [0, 0.05) is 16.0 Å². The molecular weight excluding hydrogens is 398 g/mol. The molecule has 1 aromatic heterocycles. The molecule has 2 fully saturated rings. The van der Waals surface area contributed by atoms with Crippen molar-refractivity contribution in [3.63, 3.8) is 0 Å². The second-order valence-electron chi connectivity index (χ2n) is 7.33. The fourth-order valence-electron chi connectivity index (χ4n) is 4.55. The van der Waals surface area contributed by atoms with E-state index in [2.05, 4.69) is 10.3 Å². The smallest absolute Gasteiger partial charge is 0.246 e. The number of fused-ring (bicyclic) bond motifs is 5. The molecule has 8 heteroatoms. The van der Waals surface area contributed by atoms with E-state index in [0.29, 0.717) is 15.8 Å². The average Bonchev–Trinajstić information content (AvgIpc) is 3.44. The lowest BCUT2D eigenvalue weighted by molar-refractivity contribution is -0.143. The van der Waals surface area contributed by atoms with E-state index in [4.69, 9.17) is 11.6 Å². The molecule has 6 nitrogen and oxygen atoms in total. The fraction of sp³-hybridized carbons (Fsp3) is 0.300. The molecule has 142 valence electrons. The van der Waals surface area contributed by atoms with Gasteiger partial charge in [0.15, 0.2) is 5.13 Å². The molecule has 1 saturated carbocycles. The van der Waals surface area contributed by atoms with Crippen molar-refractivity contribution in [1.82, 2.24) is 9.88 Å². The van der Waals surface area contributed by atoms with Crippen LogP contribution in [-0.4, -0.2) is 34.2 Å². The highest BCUT2D eigenvalue weighted by molar-refractivity contribution is 7.14. The van der Waals surface area contributed by atoms with E-state index in [1.807, 2.05) is 30.4 Å². The van der Waals surface area contributed by atoms with Gasteiger partial charge in [-0.2, -0.15) is 0 Å². The van der Waals surface area contributed by atoms with Crippen LogP contribution in [0.3, 0.4) is 0 Å². The highest BCUT2D eigenvalue weighted by Gasteiger charge is 2.59. The molecule has 0 radical (unpaired) electrons. The number of anilines is 1. The highest BCUT2D eigenvalue weighted by Crippen LogP contribution is 2.52. The van der Waals surface area contributed by atoms with Crippen LogP contribution in [0.2, 0.25) is 5.02 Å². The summed E-state index contributed by atoms with van der Waals surface area (Å²) in [6.07, 6.45) is 4.94. The van der Waals surface area contributed by atoms with E-state index in [-0.39, 0.29) is 42.0 Å². The molecule has 2 heterocycles. The molecule has 0 unspecified atom stereocenters. The largest absolute Gasteiger partial charge is 0.300 e. The van der Waals surface area contributed by atoms with Crippen LogP contribution in [0.4, 0.5) is 5.13 Å². The number of hydrogen-bond donors (Lipinski definition) is 1. The molecule has 2 aromatic rings. The minimum Gasteiger partial charge on any atom is -0.300 e. The van der Waals surface area contributed by atoms with Crippen LogP contribution < -0.4 is 5.32 Å². The van der Waals surface area contributed by atoms with E-state index in [1.165, 1.54) is 11.3 Å². The Kier molecular flexibility index (Phi) is 4.10. The first-order valence-electron chi connectivity index (χ1n) is 9.07. The van der Waals surface area contributed by atoms with Gasteiger partial charge in [-0.3, -0.25) is 19.3 Å². The van der Waals surface area contributed by atoms with Gasteiger partial charge in [0.25, 0.3) is 0 Å². The highest BCUT2D eigenvalue weighted by atomic mass is 35.5. The topological polar surface area (TPSA) is 79.4 Å². The number of nitrogens with zero attached hydrogens (tertiary/aromatic N) is 2. The number of allylic oxidation sites excluding steroid dienone is 2. The molecule has 1 aliphatic heterocycles. The van der Waals surface area contributed by atoms with Gasteiger partial charge in [0.1, 0.15) is 6.54 Å². The number of carbonyl (C=O) groups is 3. The molecule has 4 atom stereocenters. The maximum Gasteiger partial charge on any atom is 0.246 e. The van der Waals surface area contributed by atoms with Crippen LogP contribution in [0.5, 0.6) is 0 Å². The molecule has 3 amide bonds. The van der Waals surface area contributed by atoms with Gasteiger partial charge in [0.05, 0.1) is 17.5 Å². The van der Waals surface area contributed by atoms with Gasteiger partial charge in [-0.15, -0.1) is 11.3 Å². The third kappa shape index (κ3) is 2.69. The Morgan fingerprint density at radius 1 is 1.18 bits per heavy atom. The summed E-state index contributed by atoms with van der Waals surface area (Å²) in [5.41, 5.74) is 1.44. The molecule has 1 aromatic carbocycles. The number of imide groups is 1. The van der Waals surface area contributed by atoms with Crippen LogP contribution >= 0.6 is 22.9 Å². The van der Waals surface area contributed by atoms with Gasteiger partial charge in [-0.1, -0.05) is 42.0 Å². The summed E-state index contributed by atoms with van der Waals surface area (Å²) in [5.74, 6) is -1.19. The molecule has 2 aliphatic carbocycles. The zero-order valence-corrected chi connectivity index (χ0v) is 16.2. The van der Waals surface area contributed by atoms with Crippen molar-refractivity contribution >= 4 is 45.8 Å². The van der Waals surface area contributed by atoms with Crippen molar-refractivity contribution in [3.8, 4) is 11.3 Å². The van der Waals surface area contributed by atoms with Crippen molar-refractivity contribution < 1.29 is 14.4 Å². The maximum atomic E-state index is 12.7.